The van der Waals surface area contributed by atoms with Crippen LogP contribution in [0.2, 0.25) is 0 Å². The first kappa shape index (κ1) is 29.0. The fraction of sp³-hybridized carbons (Fsp3) is 0.412. The van der Waals surface area contributed by atoms with Crippen molar-refractivity contribution in [1.29, 1.82) is 5.26 Å². The molecule has 2 aromatic carbocycles. The highest BCUT2D eigenvalue weighted by molar-refractivity contribution is 5.97. The molecule has 1 atom stereocenters. The number of rotatable bonds is 7. The summed E-state index contributed by atoms with van der Waals surface area (Å²) in [7, 11) is 0. The van der Waals surface area contributed by atoms with E-state index in [-0.39, 0.29) is 18.8 Å². The molecule has 2 fully saturated rings. The molecule has 1 N–H and O–H groups in total. The first-order valence-electron chi connectivity index (χ1n) is 14.2. The Labute approximate surface area is 241 Å². The van der Waals surface area contributed by atoms with E-state index >= 15 is 0 Å². The van der Waals surface area contributed by atoms with Crippen LogP contribution in [0.5, 0.6) is 0 Å². The normalized spacial score (nSPS) is 19.4. The first-order valence-corrected chi connectivity index (χ1v) is 14.2. The molecule has 212 valence electrons. The molecular formula is C34H45N5O. The number of likely N-dealkylation sites (tertiary alicyclic amines) is 1. The molecule has 0 saturated carbocycles. The SMILES string of the molecule is C=C/C(C#N)=C(\C=C)N1CCC(Nc2cc(C(=O)N3CCN(c4ccccc4C)CC3)c(C)cc2C)C(C)(C)C1.[HH]. The Morgan fingerprint density at radius 1 is 1.00 bits per heavy atom. The van der Waals surface area contributed by atoms with Gasteiger partial charge in [0.05, 0.1) is 11.3 Å². The van der Waals surface area contributed by atoms with Crippen molar-refractivity contribution in [2.75, 3.05) is 49.5 Å². The summed E-state index contributed by atoms with van der Waals surface area (Å²) in [6, 6.07) is 15.1. The number of nitrogens with zero attached hydrogens (tertiary/aromatic N) is 4. The summed E-state index contributed by atoms with van der Waals surface area (Å²) < 4.78 is 0. The van der Waals surface area contributed by atoms with Gasteiger partial charge in [0.15, 0.2) is 0 Å². The maximum atomic E-state index is 13.7. The molecule has 2 aromatic rings. The number of nitrogens with one attached hydrogen (secondary N) is 1. The van der Waals surface area contributed by atoms with E-state index < -0.39 is 0 Å². The number of carbonyl (C=O) groups is 1. The summed E-state index contributed by atoms with van der Waals surface area (Å²) in [6.07, 6.45) is 4.26. The van der Waals surface area contributed by atoms with Gasteiger partial charge in [-0.2, -0.15) is 5.26 Å². The number of hydrogen-bond donors (Lipinski definition) is 1. The summed E-state index contributed by atoms with van der Waals surface area (Å²) >= 11 is 0. The fourth-order valence-corrected chi connectivity index (χ4v) is 6.11. The Bertz CT molecular complexity index is 1360. The van der Waals surface area contributed by atoms with E-state index in [2.05, 4.69) is 98.4 Å². The molecule has 0 spiro atoms. The minimum atomic E-state index is -0.0817. The molecule has 2 saturated heterocycles. The number of nitriles is 1. The smallest absolute Gasteiger partial charge is 0.254 e. The van der Waals surface area contributed by atoms with Gasteiger partial charge in [-0.25, -0.2) is 0 Å². The van der Waals surface area contributed by atoms with Gasteiger partial charge in [0.1, 0.15) is 6.07 Å². The van der Waals surface area contributed by atoms with Crippen molar-refractivity contribution in [2.45, 2.75) is 47.1 Å². The number of carbonyl (C=O) groups excluding carboxylic acids is 1. The summed E-state index contributed by atoms with van der Waals surface area (Å²) in [5.74, 6) is 0.105. The van der Waals surface area contributed by atoms with Gasteiger partial charge in [0.25, 0.3) is 5.91 Å². The highest BCUT2D eigenvalue weighted by atomic mass is 16.2. The van der Waals surface area contributed by atoms with Gasteiger partial charge in [-0.05, 0) is 68.2 Å². The highest BCUT2D eigenvalue weighted by Gasteiger charge is 2.37. The second-order valence-electron chi connectivity index (χ2n) is 11.8. The van der Waals surface area contributed by atoms with Gasteiger partial charge < -0.3 is 20.0 Å². The van der Waals surface area contributed by atoms with E-state index in [4.69, 9.17) is 0 Å². The maximum Gasteiger partial charge on any atom is 0.254 e. The third-order valence-corrected chi connectivity index (χ3v) is 8.52. The van der Waals surface area contributed by atoms with Crippen LogP contribution >= 0.6 is 0 Å². The van der Waals surface area contributed by atoms with E-state index in [0.717, 1.165) is 60.7 Å². The van der Waals surface area contributed by atoms with Crippen molar-refractivity contribution in [1.82, 2.24) is 9.80 Å². The summed E-state index contributed by atoms with van der Waals surface area (Å²) in [5, 5.41) is 13.3. The van der Waals surface area contributed by atoms with Crippen LogP contribution in [0.25, 0.3) is 0 Å². The molecular weight excluding hydrogens is 494 g/mol. The van der Waals surface area contributed by atoms with Crippen molar-refractivity contribution in [3.8, 4) is 6.07 Å². The summed E-state index contributed by atoms with van der Waals surface area (Å²) in [4.78, 5) is 20.3. The zero-order chi connectivity index (χ0) is 29.0. The van der Waals surface area contributed by atoms with Crippen LogP contribution in [-0.4, -0.2) is 61.0 Å². The molecule has 0 bridgehead atoms. The Morgan fingerprint density at radius 2 is 1.70 bits per heavy atom. The minimum absolute atomic E-state index is 0. The van der Waals surface area contributed by atoms with Crippen LogP contribution in [0.1, 0.15) is 48.7 Å². The van der Waals surface area contributed by atoms with Crippen molar-refractivity contribution in [2.24, 2.45) is 5.41 Å². The lowest BCUT2D eigenvalue weighted by Gasteiger charge is -2.46. The van der Waals surface area contributed by atoms with Crippen LogP contribution in [0.15, 0.2) is 73.0 Å². The molecule has 6 heteroatoms. The van der Waals surface area contributed by atoms with E-state index in [1.54, 1.807) is 12.2 Å². The van der Waals surface area contributed by atoms with Crippen molar-refractivity contribution < 1.29 is 6.22 Å². The van der Waals surface area contributed by atoms with Crippen molar-refractivity contribution in [3.05, 3.63) is 95.2 Å². The minimum Gasteiger partial charge on any atom is -0.381 e. The number of piperazine rings is 1. The number of amides is 1. The molecule has 6 nitrogen and oxygen atoms in total. The van der Waals surface area contributed by atoms with Gasteiger partial charge >= 0.3 is 0 Å². The second-order valence-corrected chi connectivity index (χ2v) is 11.8. The number of anilines is 2. The fourth-order valence-electron chi connectivity index (χ4n) is 6.11. The Hall–Kier alpha value is -3.98. The molecule has 1 amide bonds. The lowest BCUT2D eigenvalue weighted by Crippen LogP contribution is -2.51. The molecule has 0 radical (unpaired) electrons. The quantitative estimate of drug-likeness (QED) is 0.322. The van der Waals surface area contributed by atoms with E-state index in [0.29, 0.717) is 18.7 Å². The summed E-state index contributed by atoms with van der Waals surface area (Å²) in [6.45, 7) is 23.2. The number of allylic oxidation sites excluding steroid dienone is 3. The van der Waals surface area contributed by atoms with Gasteiger partial charge in [-0.3, -0.25) is 4.79 Å². The molecule has 2 aliphatic rings. The van der Waals surface area contributed by atoms with Gasteiger partial charge in [-0.15, -0.1) is 0 Å². The lowest BCUT2D eigenvalue weighted by atomic mass is 9.78. The van der Waals surface area contributed by atoms with E-state index in [1.165, 1.54) is 11.3 Å². The second kappa shape index (κ2) is 12.0. The topological polar surface area (TPSA) is 62.6 Å². The predicted molar refractivity (Wildman–Crippen MR) is 168 cm³/mol. The highest BCUT2D eigenvalue weighted by Crippen LogP contribution is 2.35. The number of piperidine rings is 1. The predicted octanol–water partition coefficient (Wildman–Crippen LogP) is 6.48. The number of para-hydroxylation sites is 1. The average Bonchev–Trinajstić information content (AvgIpc) is 2.93. The average molecular weight is 540 g/mol. The standard InChI is InChI=1S/C34H43N5O.H2/c1-8-27(22-35)30(9-2)39-15-14-32(34(6,7)23-39)36-29-21-28(25(4)20-26(29)5)33(40)38-18-16-37(17-19-38)31-13-11-10-12-24(31)3;/h8-13,20-21,32,36H,1-2,14-19,23H2,3-7H3;1H/b30-27-;. The number of hydrogen-bond acceptors (Lipinski definition) is 5. The Kier molecular flexibility index (Phi) is 8.73. The van der Waals surface area contributed by atoms with Crippen LogP contribution < -0.4 is 10.2 Å². The molecule has 40 heavy (non-hydrogen) atoms. The Morgan fingerprint density at radius 3 is 2.30 bits per heavy atom. The third-order valence-electron chi connectivity index (χ3n) is 8.52. The van der Waals surface area contributed by atoms with Crippen molar-refractivity contribution in [3.63, 3.8) is 0 Å². The first-order chi connectivity index (χ1) is 19.1. The molecule has 0 aromatic heterocycles. The largest absolute Gasteiger partial charge is 0.381 e. The van der Waals surface area contributed by atoms with Crippen LogP contribution in [0.3, 0.4) is 0 Å². The van der Waals surface area contributed by atoms with Gasteiger partial charge in [0, 0.05) is 69.1 Å². The molecule has 0 aliphatic carbocycles. The van der Waals surface area contributed by atoms with Crippen LogP contribution in [0, 0.1) is 37.5 Å². The summed E-state index contributed by atoms with van der Waals surface area (Å²) in [5.41, 5.74) is 7.77. The molecule has 2 aliphatic heterocycles. The van der Waals surface area contributed by atoms with Crippen LogP contribution in [0.4, 0.5) is 11.4 Å². The van der Waals surface area contributed by atoms with E-state index in [9.17, 15) is 10.1 Å². The van der Waals surface area contributed by atoms with Crippen LogP contribution in [-0.2, 0) is 0 Å². The molecule has 4 rings (SSSR count). The van der Waals surface area contributed by atoms with Gasteiger partial charge in [0.2, 0.25) is 0 Å². The zero-order valence-electron chi connectivity index (χ0n) is 24.8. The van der Waals surface area contributed by atoms with E-state index in [1.807, 2.05) is 11.8 Å². The maximum absolute atomic E-state index is 13.7. The monoisotopic (exact) mass is 539 g/mol. The lowest BCUT2D eigenvalue weighted by molar-refractivity contribution is 0.0746. The zero-order valence-corrected chi connectivity index (χ0v) is 24.8. The third kappa shape index (κ3) is 5.94. The number of aryl methyl sites for hydroxylation is 3. The molecule has 1 unspecified atom stereocenters. The van der Waals surface area contributed by atoms with Crippen molar-refractivity contribution >= 4 is 17.3 Å². The van der Waals surface area contributed by atoms with Gasteiger partial charge in [-0.1, -0.05) is 51.3 Å². The molecule has 2 heterocycles. The Balaban J connectivity index is 0.00000462. The number of benzene rings is 2.